The fourth-order valence-corrected chi connectivity index (χ4v) is 1.88. The van der Waals surface area contributed by atoms with Gasteiger partial charge in [-0.2, -0.15) is 0 Å². The molecule has 0 bridgehead atoms. The summed E-state index contributed by atoms with van der Waals surface area (Å²) < 4.78 is 0. The van der Waals surface area contributed by atoms with Crippen LogP contribution in [0, 0.1) is 6.07 Å². The van der Waals surface area contributed by atoms with Gasteiger partial charge in [-0.05, 0) is 23.6 Å². The quantitative estimate of drug-likeness (QED) is 0.518. The maximum Gasteiger partial charge on any atom is 0.0404 e. The topological polar surface area (TPSA) is 0 Å². The van der Waals surface area contributed by atoms with Crippen LogP contribution in [0.15, 0.2) is 36.4 Å². The molecule has 0 saturated heterocycles. The van der Waals surface area contributed by atoms with Crippen molar-refractivity contribution in [3.63, 3.8) is 0 Å². The molecule has 1 unspecified atom stereocenters. The van der Waals surface area contributed by atoms with Gasteiger partial charge >= 0.3 is 0 Å². The van der Waals surface area contributed by atoms with Gasteiger partial charge in [0.25, 0.3) is 0 Å². The number of benzene rings is 1. The molecule has 14 heavy (non-hydrogen) atoms. The Morgan fingerprint density at radius 3 is 3.21 bits per heavy atom. The molecule has 0 aromatic heterocycles. The van der Waals surface area contributed by atoms with Crippen LogP contribution in [0.3, 0.4) is 0 Å². The molecular weight excluding hydrogens is 192 g/mol. The van der Waals surface area contributed by atoms with Crippen molar-refractivity contribution in [3.8, 4) is 0 Å². The minimum absolute atomic E-state index is 0.516. The average Bonchev–Trinajstić information content (AvgIpc) is 2.63. The third kappa shape index (κ3) is 1.91. The van der Waals surface area contributed by atoms with Gasteiger partial charge in [-0.3, -0.25) is 0 Å². The lowest BCUT2D eigenvalue weighted by molar-refractivity contribution is 0.878. The van der Waals surface area contributed by atoms with Gasteiger partial charge in [0.1, 0.15) is 0 Å². The fourth-order valence-electron chi connectivity index (χ4n) is 1.76. The van der Waals surface area contributed by atoms with Crippen LogP contribution in [-0.4, -0.2) is 5.88 Å². The fraction of sp³-hybridized carbons (Fsp3) is 0.231. The molecule has 1 aliphatic carbocycles. The Labute approximate surface area is 89.9 Å². The van der Waals surface area contributed by atoms with E-state index in [1.807, 2.05) is 18.2 Å². The van der Waals surface area contributed by atoms with Crippen LogP contribution in [-0.2, 0) is 0 Å². The molecule has 1 heteroatoms. The molecule has 2 rings (SSSR count). The zero-order valence-electron chi connectivity index (χ0n) is 7.91. The smallest absolute Gasteiger partial charge is 0.0404 e. The third-order valence-corrected chi connectivity index (χ3v) is 2.64. The Hall–Kier alpha value is -1.01. The zero-order chi connectivity index (χ0) is 9.80. The zero-order valence-corrected chi connectivity index (χ0v) is 8.67. The van der Waals surface area contributed by atoms with E-state index < -0.39 is 0 Å². The number of allylic oxidation sites excluding steroid dienone is 3. The number of rotatable bonds is 3. The van der Waals surface area contributed by atoms with Crippen molar-refractivity contribution in [2.45, 2.75) is 12.3 Å². The lowest BCUT2D eigenvalue weighted by atomic mass is 9.98. The van der Waals surface area contributed by atoms with Crippen molar-refractivity contribution in [2.75, 3.05) is 5.88 Å². The first-order chi connectivity index (χ1) is 6.92. The Bertz CT molecular complexity index is 363. The minimum atomic E-state index is 0.516. The van der Waals surface area contributed by atoms with E-state index >= 15 is 0 Å². The van der Waals surface area contributed by atoms with E-state index in [2.05, 4.69) is 30.4 Å². The van der Waals surface area contributed by atoms with Crippen LogP contribution in [0.2, 0.25) is 0 Å². The van der Waals surface area contributed by atoms with Crippen LogP contribution >= 0.6 is 11.6 Å². The largest absolute Gasteiger partial charge is 0.122 e. The summed E-state index contributed by atoms with van der Waals surface area (Å²) >= 11 is 5.58. The summed E-state index contributed by atoms with van der Waals surface area (Å²) in [6.07, 6.45) is 9.56. The van der Waals surface area contributed by atoms with Crippen molar-refractivity contribution < 1.29 is 0 Å². The summed E-state index contributed by atoms with van der Waals surface area (Å²) in [5.41, 5.74) is 2.61. The number of halogens is 1. The van der Waals surface area contributed by atoms with Gasteiger partial charge in [0.15, 0.2) is 0 Å². The monoisotopic (exact) mass is 203 g/mol. The number of fused-ring (bicyclic) bond motifs is 1. The van der Waals surface area contributed by atoms with E-state index in [9.17, 15) is 0 Å². The number of hydrogen-bond acceptors (Lipinski definition) is 0. The van der Waals surface area contributed by atoms with Crippen LogP contribution < -0.4 is 0 Å². The highest BCUT2D eigenvalue weighted by Gasteiger charge is 2.14. The molecule has 0 amide bonds. The predicted molar refractivity (Wildman–Crippen MR) is 61.5 cm³/mol. The van der Waals surface area contributed by atoms with E-state index in [0.717, 1.165) is 6.42 Å². The standard InChI is InChI=1S/C13H12Cl/c14-10-4-3-6-12-9-8-11-5-1-2-7-13(11)12/h1-4,7-9,12H,6,10H2. The summed E-state index contributed by atoms with van der Waals surface area (Å²) in [7, 11) is 0. The highest BCUT2D eigenvalue weighted by atomic mass is 35.5. The molecule has 0 nitrogen and oxygen atoms in total. The summed E-state index contributed by atoms with van der Waals surface area (Å²) in [5, 5.41) is 0. The van der Waals surface area contributed by atoms with Gasteiger partial charge in [-0.15, -0.1) is 11.6 Å². The van der Waals surface area contributed by atoms with Crippen LogP contribution in [0.25, 0.3) is 6.08 Å². The van der Waals surface area contributed by atoms with Crippen LogP contribution in [0.5, 0.6) is 0 Å². The van der Waals surface area contributed by atoms with Crippen molar-refractivity contribution in [1.29, 1.82) is 0 Å². The molecule has 71 valence electrons. The van der Waals surface area contributed by atoms with Crippen molar-refractivity contribution in [2.24, 2.45) is 0 Å². The summed E-state index contributed by atoms with van der Waals surface area (Å²) in [6.45, 7) is 0. The average molecular weight is 204 g/mol. The Morgan fingerprint density at radius 1 is 1.43 bits per heavy atom. The van der Waals surface area contributed by atoms with Gasteiger partial charge in [0, 0.05) is 11.8 Å². The Balaban J connectivity index is 2.11. The Kier molecular flexibility index (Phi) is 3.05. The van der Waals surface area contributed by atoms with Crippen molar-refractivity contribution in [3.05, 3.63) is 53.6 Å². The maximum absolute atomic E-state index is 5.58. The van der Waals surface area contributed by atoms with Gasteiger partial charge in [-0.1, -0.05) is 42.5 Å². The molecule has 0 spiro atoms. The second-order valence-electron chi connectivity index (χ2n) is 3.37. The second-order valence-corrected chi connectivity index (χ2v) is 3.67. The normalized spacial score (nSPS) is 19.1. The first-order valence-corrected chi connectivity index (χ1v) is 5.35. The molecule has 0 aliphatic heterocycles. The highest BCUT2D eigenvalue weighted by molar-refractivity contribution is 6.18. The maximum atomic E-state index is 5.58. The van der Waals surface area contributed by atoms with Crippen LogP contribution in [0.4, 0.5) is 0 Å². The molecule has 0 saturated carbocycles. The molecule has 1 atom stereocenters. The number of hydrogen-bond donors (Lipinski definition) is 0. The minimum Gasteiger partial charge on any atom is -0.122 e. The second kappa shape index (κ2) is 4.47. The van der Waals surface area contributed by atoms with E-state index in [4.69, 9.17) is 11.6 Å². The molecule has 1 aromatic rings. The predicted octanol–water partition coefficient (Wildman–Crippen LogP) is 3.78. The molecular formula is C13H12Cl. The summed E-state index contributed by atoms with van der Waals surface area (Å²) in [5.74, 6) is 1.12. The van der Waals surface area contributed by atoms with E-state index in [0.29, 0.717) is 11.8 Å². The summed E-state index contributed by atoms with van der Waals surface area (Å²) in [6, 6.07) is 9.41. The SMILES string of the molecule is ClCC=CCC1C=Cc2[c]cccc21. The van der Waals surface area contributed by atoms with E-state index in [1.54, 1.807) is 0 Å². The van der Waals surface area contributed by atoms with Crippen molar-refractivity contribution >= 4 is 17.7 Å². The van der Waals surface area contributed by atoms with Crippen LogP contribution in [0.1, 0.15) is 23.5 Å². The lowest BCUT2D eigenvalue weighted by Crippen LogP contribution is -1.90. The first-order valence-electron chi connectivity index (χ1n) is 4.81. The van der Waals surface area contributed by atoms with E-state index in [1.165, 1.54) is 11.1 Å². The molecule has 1 aliphatic rings. The molecule has 1 radical (unpaired) electrons. The molecule has 0 heterocycles. The van der Waals surface area contributed by atoms with Crippen molar-refractivity contribution in [1.82, 2.24) is 0 Å². The van der Waals surface area contributed by atoms with Gasteiger partial charge in [0.2, 0.25) is 0 Å². The lowest BCUT2D eigenvalue weighted by Gasteiger charge is -2.06. The van der Waals surface area contributed by atoms with E-state index in [-0.39, 0.29) is 0 Å². The van der Waals surface area contributed by atoms with Gasteiger partial charge in [-0.25, -0.2) is 0 Å². The molecule has 0 fully saturated rings. The third-order valence-electron chi connectivity index (χ3n) is 2.46. The molecule has 0 N–H and O–H groups in total. The molecule has 1 aromatic carbocycles. The van der Waals surface area contributed by atoms with Gasteiger partial charge in [0.05, 0.1) is 0 Å². The first kappa shape index (κ1) is 9.54. The highest BCUT2D eigenvalue weighted by Crippen LogP contribution is 2.31. The number of alkyl halides is 1. The summed E-state index contributed by atoms with van der Waals surface area (Å²) in [4.78, 5) is 0. The van der Waals surface area contributed by atoms with Gasteiger partial charge < -0.3 is 0 Å². The Morgan fingerprint density at radius 2 is 2.36 bits per heavy atom.